The van der Waals surface area contributed by atoms with Crippen LogP contribution in [-0.2, 0) is 58.8 Å². The van der Waals surface area contributed by atoms with Gasteiger partial charge in [-0.1, -0.05) is 34.3 Å². The quantitative estimate of drug-likeness (QED) is 0.0279. The molecule has 0 saturated heterocycles. The van der Waals surface area contributed by atoms with Crippen LogP contribution in [0.1, 0.15) is 23.2 Å². The lowest BCUT2D eigenvalue weighted by Gasteiger charge is -2.09. The van der Waals surface area contributed by atoms with Crippen molar-refractivity contribution in [2.75, 3.05) is 139 Å². The van der Waals surface area contributed by atoms with Gasteiger partial charge in [0.25, 0.3) is 0 Å². The molecule has 65 heavy (non-hydrogen) atoms. The number of nitriles is 2. The zero-order chi connectivity index (χ0) is 46.5. The standard InChI is InChI=1S/C35H54N6O11.C9H4N4/c36-8-1-2-32-3-5-34(6-4-32)41-30-33(39-40-41)31-52-29-28-51-27-26-50-23-20-46-17-14-43-11-7-35(42)38-10-13-45-16-19-48-22-25-49-24-21-47-18-15-44-12-9-37;10-7-1-2-8-3-5-9(6-4-8)12-13-11/h3-6,30H,7,9-29,31,37H2,(H,38,42);3-6H. The summed E-state index contributed by atoms with van der Waals surface area (Å²) < 4.78 is 56.0. The summed E-state index contributed by atoms with van der Waals surface area (Å²) in [6.45, 7) is 9.87. The van der Waals surface area contributed by atoms with Crippen LogP contribution in [-0.4, -0.2) is 160 Å². The molecule has 21 nitrogen and oxygen atoms in total. The molecule has 0 bridgehead atoms. The van der Waals surface area contributed by atoms with E-state index in [2.05, 4.69) is 49.3 Å². The van der Waals surface area contributed by atoms with Gasteiger partial charge in [-0.15, -0.1) is 5.10 Å². The number of nitrogens with one attached hydrogen (secondary N) is 1. The Morgan fingerprint density at radius 3 is 1.52 bits per heavy atom. The van der Waals surface area contributed by atoms with E-state index in [-0.39, 0.29) is 12.3 Å². The van der Waals surface area contributed by atoms with Crippen molar-refractivity contribution in [2.45, 2.75) is 13.0 Å². The lowest BCUT2D eigenvalue weighted by Crippen LogP contribution is -2.28. The van der Waals surface area contributed by atoms with E-state index < -0.39 is 0 Å². The van der Waals surface area contributed by atoms with Crippen LogP contribution in [0.15, 0.2) is 59.8 Å². The molecule has 3 N–H and O–H groups in total. The van der Waals surface area contributed by atoms with Gasteiger partial charge in [-0.2, -0.15) is 10.5 Å². The molecule has 0 spiro atoms. The Bertz CT molecular complexity index is 1940. The van der Waals surface area contributed by atoms with Crippen LogP contribution in [0.5, 0.6) is 0 Å². The average Bonchev–Trinajstić information content (AvgIpc) is 3.81. The first-order valence-electron chi connectivity index (χ1n) is 20.8. The molecule has 3 aromatic rings. The average molecular weight is 903 g/mol. The van der Waals surface area contributed by atoms with Gasteiger partial charge in [0.15, 0.2) is 12.1 Å². The number of azide groups is 1. The highest BCUT2D eigenvalue weighted by Gasteiger charge is 2.04. The van der Waals surface area contributed by atoms with E-state index in [0.717, 1.165) is 16.8 Å². The summed E-state index contributed by atoms with van der Waals surface area (Å²) in [5.41, 5.74) is 17.0. The summed E-state index contributed by atoms with van der Waals surface area (Å²) in [6, 6.07) is 17.5. The molecule has 0 radical (unpaired) electrons. The van der Waals surface area contributed by atoms with E-state index in [9.17, 15) is 4.79 Å². The fourth-order valence-corrected chi connectivity index (χ4v) is 4.69. The molecule has 0 atom stereocenters. The summed E-state index contributed by atoms with van der Waals surface area (Å²) >= 11 is 0. The van der Waals surface area contributed by atoms with Crippen LogP contribution in [0, 0.1) is 46.3 Å². The molecule has 2 aromatic carbocycles. The first-order chi connectivity index (χ1) is 32.1. The zero-order valence-electron chi connectivity index (χ0n) is 36.6. The van der Waals surface area contributed by atoms with Crippen molar-refractivity contribution in [1.29, 1.82) is 10.5 Å². The Balaban J connectivity index is 0.000000952. The molecule has 0 aliphatic rings. The third-order valence-corrected chi connectivity index (χ3v) is 7.76. The van der Waals surface area contributed by atoms with E-state index >= 15 is 0 Å². The highest BCUT2D eigenvalue weighted by Crippen LogP contribution is 2.12. The van der Waals surface area contributed by atoms with Gasteiger partial charge < -0.3 is 58.4 Å². The fraction of sp³-hybridized carbons (Fsp3) is 0.523. The van der Waals surface area contributed by atoms with Crippen molar-refractivity contribution in [3.63, 3.8) is 0 Å². The van der Waals surface area contributed by atoms with Crippen LogP contribution in [0.4, 0.5) is 5.69 Å². The molecule has 1 aromatic heterocycles. The molecular weight excluding hydrogens is 845 g/mol. The molecule has 0 saturated carbocycles. The maximum Gasteiger partial charge on any atom is 0.222 e. The second-order valence-electron chi connectivity index (χ2n) is 12.6. The number of carbonyl (C=O) groups is 1. The molecule has 3 rings (SSSR count). The van der Waals surface area contributed by atoms with Crippen molar-refractivity contribution in [3.05, 3.63) is 82.0 Å². The monoisotopic (exact) mass is 902 g/mol. The van der Waals surface area contributed by atoms with Crippen LogP contribution < -0.4 is 11.1 Å². The van der Waals surface area contributed by atoms with Gasteiger partial charge in [-0.05, 0) is 41.9 Å². The Morgan fingerprint density at radius 2 is 1.06 bits per heavy atom. The van der Waals surface area contributed by atoms with Crippen LogP contribution in [0.25, 0.3) is 16.1 Å². The lowest BCUT2D eigenvalue weighted by molar-refractivity contribution is -0.122. The van der Waals surface area contributed by atoms with Gasteiger partial charge in [0.1, 0.15) is 5.69 Å². The summed E-state index contributed by atoms with van der Waals surface area (Å²) in [5.74, 6) is 9.90. The van der Waals surface area contributed by atoms with Gasteiger partial charge >= 0.3 is 0 Å². The summed E-state index contributed by atoms with van der Waals surface area (Å²) in [7, 11) is 0. The molecule has 0 fully saturated rings. The Hall–Kier alpha value is -5.98. The van der Waals surface area contributed by atoms with Gasteiger partial charge in [0.05, 0.1) is 144 Å². The molecule has 1 heterocycles. The first-order valence-corrected chi connectivity index (χ1v) is 20.8. The predicted molar refractivity (Wildman–Crippen MR) is 235 cm³/mol. The van der Waals surface area contributed by atoms with Gasteiger partial charge in [-0.25, -0.2) is 4.68 Å². The number of hydrogen-bond acceptors (Lipinski definition) is 17. The van der Waals surface area contributed by atoms with Crippen LogP contribution in [0.3, 0.4) is 0 Å². The minimum Gasteiger partial charge on any atom is -0.379 e. The van der Waals surface area contributed by atoms with E-state index in [0.29, 0.717) is 157 Å². The Kier molecular flexibility index (Phi) is 34.6. The molecular formula is C44H58N10O11. The minimum absolute atomic E-state index is 0.0966. The van der Waals surface area contributed by atoms with E-state index in [1.165, 1.54) is 0 Å². The summed E-state index contributed by atoms with van der Waals surface area (Å²) in [4.78, 5) is 14.5. The highest BCUT2D eigenvalue weighted by atomic mass is 16.6. The highest BCUT2D eigenvalue weighted by molar-refractivity contribution is 5.75. The van der Waals surface area contributed by atoms with Gasteiger partial charge in [0.2, 0.25) is 5.91 Å². The number of amides is 1. The van der Waals surface area contributed by atoms with Crippen molar-refractivity contribution in [1.82, 2.24) is 20.3 Å². The second kappa shape index (κ2) is 40.8. The first kappa shape index (κ1) is 55.2. The maximum absolute atomic E-state index is 11.9. The van der Waals surface area contributed by atoms with E-state index in [1.807, 2.05) is 24.3 Å². The number of benzene rings is 2. The molecule has 1 amide bonds. The topological polar surface area (TPSA) is 274 Å². The van der Waals surface area contributed by atoms with Crippen molar-refractivity contribution < 1.29 is 52.2 Å². The third kappa shape index (κ3) is 31.5. The largest absolute Gasteiger partial charge is 0.379 e. The number of aromatic nitrogens is 3. The normalized spacial score (nSPS) is 10.2. The second-order valence-corrected chi connectivity index (χ2v) is 12.6. The number of rotatable bonds is 36. The van der Waals surface area contributed by atoms with Crippen molar-refractivity contribution in [3.8, 4) is 41.5 Å². The number of carbonyl (C=O) groups excluding carboxylic acids is 1. The predicted octanol–water partition coefficient (Wildman–Crippen LogP) is 2.78. The molecule has 0 unspecified atom stereocenters. The number of nitrogens with zero attached hydrogens (tertiary/aromatic N) is 8. The minimum atomic E-state index is -0.0966. The zero-order valence-corrected chi connectivity index (χ0v) is 36.6. The number of nitrogens with two attached hydrogens (primary N) is 1. The summed E-state index contributed by atoms with van der Waals surface area (Å²) in [5, 5.41) is 31.1. The Morgan fingerprint density at radius 1 is 0.631 bits per heavy atom. The van der Waals surface area contributed by atoms with Gasteiger partial charge in [0, 0.05) is 53.1 Å². The molecule has 0 aliphatic carbocycles. The number of hydrogen-bond donors (Lipinski definition) is 2. The molecule has 21 heteroatoms. The molecule has 0 aliphatic heterocycles. The summed E-state index contributed by atoms with van der Waals surface area (Å²) in [6.07, 6.45) is 2.06. The third-order valence-electron chi connectivity index (χ3n) is 7.76. The molecule has 350 valence electrons. The van der Waals surface area contributed by atoms with Crippen molar-refractivity contribution in [2.24, 2.45) is 10.8 Å². The van der Waals surface area contributed by atoms with E-state index in [1.54, 1.807) is 47.3 Å². The number of ether oxygens (including phenoxy) is 10. The van der Waals surface area contributed by atoms with Crippen LogP contribution in [0.2, 0.25) is 0 Å². The smallest absolute Gasteiger partial charge is 0.222 e. The lowest BCUT2D eigenvalue weighted by atomic mass is 10.2. The van der Waals surface area contributed by atoms with Gasteiger partial charge in [-0.3, -0.25) is 4.79 Å². The fourth-order valence-electron chi connectivity index (χ4n) is 4.69. The van der Waals surface area contributed by atoms with Crippen LogP contribution >= 0.6 is 0 Å². The van der Waals surface area contributed by atoms with E-state index in [4.69, 9.17) is 69.2 Å². The SMILES string of the molecule is N#CC#Cc1ccc(-n2cc(COCCOCCOCCOCCOCCC(=O)NCCOCCOCCOCCOCCOCCN)nn2)cc1.N#CC#Cc1ccc(N=[N+]=[N-])cc1. The Labute approximate surface area is 379 Å². The maximum atomic E-state index is 11.9. The van der Waals surface area contributed by atoms with Crippen molar-refractivity contribution >= 4 is 11.6 Å².